The number of amides is 2. The van der Waals surface area contributed by atoms with E-state index in [0.717, 1.165) is 37.7 Å². The maximum absolute atomic E-state index is 12.7. The van der Waals surface area contributed by atoms with Crippen LogP contribution in [0, 0.1) is 0 Å². The maximum Gasteiger partial charge on any atom is 0.238 e. The molecule has 1 N–H and O–H groups in total. The van der Waals surface area contributed by atoms with Gasteiger partial charge in [0.15, 0.2) is 0 Å². The van der Waals surface area contributed by atoms with Gasteiger partial charge in [-0.25, -0.2) is 9.97 Å². The molecule has 3 heterocycles. The number of carbonyl (C=O) groups excluding carboxylic acids is 2. The predicted octanol–water partition coefficient (Wildman–Crippen LogP) is 0.532. The van der Waals surface area contributed by atoms with Crippen molar-refractivity contribution in [3.8, 4) is 0 Å². The molecule has 2 saturated heterocycles. The number of piperazine rings is 1. The van der Waals surface area contributed by atoms with E-state index in [-0.39, 0.29) is 24.9 Å². The van der Waals surface area contributed by atoms with E-state index < -0.39 is 0 Å². The van der Waals surface area contributed by atoms with Gasteiger partial charge in [0.2, 0.25) is 17.8 Å². The van der Waals surface area contributed by atoms with E-state index in [1.807, 2.05) is 29.2 Å². The molecule has 0 bridgehead atoms. The number of rotatable bonds is 7. The van der Waals surface area contributed by atoms with Crippen LogP contribution in [0.3, 0.4) is 0 Å². The first-order valence-electron chi connectivity index (χ1n) is 11.3. The minimum absolute atomic E-state index is 0.0220. The Labute approximate surface area is 194 Å². The molecule has 0 aliphatic carbocycles. The van der Waals surface area contributed by atoms with Crippen LogP contribution in [0.15, 0.2) is 42.7 Å². The Morgan fingerprint density at radius 1 is 0.939 bits per heavy atom. The van der Waals surface area contributed by atoms with Crippen molar-refractivity contribution in [2.24, 2.45) is 0 Å². The second-order valence-corrected chi connectivity index (χ2v) is 8.28. The number of hydrogen-bond acceptors (Lipinski definition) is 8. The first-order valence-corrected chi connectivity index (χ1v) is 11.3. The van der Waals surface area contributed by atoms with Crippen LogP contribution in [0.25, 0.3) is 0 Å². The zero-order valence-corrected chi connectivity index (χ0v) is 19.0. The van der Waals surface area contributed by atoms with Gasteiger partial charge >= 0.3 is 0 Å². The van der Waals surface area contributed by atoms with E-state index in [1.165, 1.54) is 0 Å². The van der Waals surface area contributed by atoms with Gasteiger partial charge in [0.1, 0.15) is 0 Å². The van der Waals surface area contributed by atoms with E-state index in [1.54, 1.807) is 30.4 Å². The Kier molecular flexibility index (Phi) is 7.69. The summed E-state index contributed by atoms with van der Waals surface area (Å²) in [5.41, 5.74) is 1.87. The van der Waals surface area contributed by atoms with Crippen LogP contribution in [0.4, 0.5) is 17.3 Å². The van der Waals surface area contributed by atoms with Crippen LogP contribution >= 0.6 is 0 Å². The summed E-state index contributed by atoms with van der Waals surface area (Å²) in [4.78, 5) is 41.6. The molecule has 0 spiro atoms. The van der Waals surface area contributed by atoms with Gasteiger partial charge in [-0.2, -0.15) is 0 Å². The van der Waals surface area contributed by atoms with Gasteiger partial charge in [-0.1, -0.05) is 0 Å². The Hall–Kier alpha value is -3.24. The zero-order valence-electron chi connectivity index (χ0n) is 19.0. The molecular formula is C23H31N7O3. The summed E-state index contributed by atoms with van der Waals surface area (Å²) in [7, 11) is 1.78. The lowest BCUT2D eigenvalue weighted by Crippen LogP contribution is -2.51. The smallest absolute Gasteiger partial charge is 0.238 e. The van der Waals surface area contributed by atoms with Gasteiger partial charge < -0.3 is 24.8 Å². The molecule has 33 heavy (non-hydrogen) atoms. The van der Waals surface area contributed by atoms with Gasteiger partial charge in [0.05, 0.1) is 26.3 Å². The van der Waals surface area contributed by atoms with Crippen molar-refractivity contribution in [1.29, 1.82) is 0 Å². The summed E-state index contributed by atoms with van der Waals surface area (Å²) in [5.74, 6) is 0.570. The number of nitrogens with one attached hydrogen (secondary N) is 1. The lowest BCUT2D eigenvalue weighted by Gasteiger charge is -2.35. The molecule has 1 aromatic heterocycles. The van der Waals surface area contributed by atoms with Crippen LogP contribution in [-0.2, 0) is 14.3 Å². The number of carbonyl (C=O) groups is 2. The van der Waals surface area contributed by atoms with Crippen molar-refractivity contribution in [3.05, 3.63) is 42.7 Å². The average Bonchev–Trinajstić information content (AvgIpc) is 2.85. The summed E-state index contributed by atoms with van der Waals surface area (Å²) < 4.78 is 5.39. The third-order valence-corrected chi connectivity index (χ3v) is 5.81. The summed E-state index contributed by atoms with van der Waals surface area (Å²) in [5, 5.41) is 2.91. The molecule has 0 saturated carbocycles. The molecule has 1 aromatic carbocycles. The number of anilines is 3. The molecule has 0 radical (unpaired) electrons. The Balaban J connectivity index is 1.19. The molecule has 176 valence electrons. The van der Waals surface area contributed by atoms with E-state index in [4.69, 9.17) is 4.74 Å². The Morgan fingerprint density at radius 3 is 2.27 bits per heavy atom. The van der Waals surface area contributed by atoms with Crippen molar-refractivity contribution in [1.82, 2.24) is 19.8 Å². The van der Waals surface area contributed by atoms with Crippen molar-refractivity contribution >= 4 is 29.1 Å². The number of hydrogen-bond donors (Lipinski definition) is 1. The molecule has 2 amide bonds. The van der Waals surface area contributed by atoms with Gasteiger partial charge in [0.25, 0.3) is 0 Å². The molecule has 10 nitrogen and oxygen atoms in total. The monoisotopic (exact) mass is 453 g/mol. The molecule has 2 aliphatic rings. The van der Waals surface area contributed by atoms with Crippen LogP contribution in [0.5, 0.6) is 0 Å². The number of ether oxygens (including phenoxy) is 1. The normalized spacial score (nSPS) is 16.7. The second-order valence-electron chi connectivity index (χ2n) is 8.28. The fraction of sp³-hybridized carbons (Fsp3) is 0.478. The molecule has 2 fully saturated rings. The minimum Gasteiger partial charge on any atom is -0.378 e. The SMILES string of the molecule is CN(CC(=O)Nc1ccc(N2CCOCC2)cc1)CC(=O)N1CCN(c2ncccn2)CC1. The fourth-order valence-corrected chi connectivity index (χ4v) is 4.02. The van der Waals surface area contributed by atoms with E-state index in [9.17, 15) is 9.59 Å². The largest absolute Gasteiger partial charge is 0.378 e. The van der Waals surface area contributed by atoms with Gasteiger partial charge in [-0.05, 0) is 37.4 Å². The van der Waals surface area contributed by atoms with Crippen molar-refractivity contribution < 1.29 is 14.3 Å². The number of benzene rings is 1. The molecule has 0 unspecified atom stereocenters. The van der Waals surface area contributed by atoms with Crippen LogP contribution in [0.2, 0.25) is 0 Å². The number of likely N-dealkylation sites (N-methyl/N-ethyl adjacent to an activating group) is 1. The summed E-state index contributed by atoms with van der Waals surface area (Å²) in [6.45, 7) is 6.20. The van der Waals surface area contributed by atoms with Gasteiger partial charge in [-0.15, -0.1) is 0 Å². The molecule has 2 aliphatic heterocycles. The molecular weight excluding hydrogens is 422 g/mol. The summed E-state index contributed by atoms with van der Waals surface area (Å²) >= 11 is 0. The summed E-state index contributed by atoms with van der Waals surface area (Å²) in [6.07, 6.45) is 3.44. The maximum atomic E-state index is 12.7. The highest BCUT2D eigenvalue weighted by Crippen LogP contribution is 2.19. The lowest BCUT2D eigenvalue weighted by atomic mass is 10.2. The third-order valence-electron chi connectivity index (χ3n) is 5.81. The van der Waals surface area contributed by atoms with Crippen molar-refractivity contribution in [2.45, 2.75) is 0 Å². The Bertz CT molecular complexity index is 911. The predicted molar refractivity (Wildman–Crippen MR) is 126 cm³/mol. The minimum atomic E-state index is -0.143. The second kappa shape index (κ2) is 11.1. The van der Waals surface area contributed by atoms with E-state index in [2.05, 4.69) is 25.1 Å². The molecule has 4 rings (SSSR count). The number of nitrogens with zero attached hydrogens (tertiary/aromatic N) is 6. The highest BCUT2D eigenvalue weighted by Gasteiger charge is 2.23. The molecule has 10 heteroatoms. The van der Waals surface area contributed by atoms with Crippen LogP contribution in [0.1, 0.15) is 0 Å². The highest BCUT2D eigenvalue weighted by molar-refractivity contribution is 5.92. The van der Waals surface area contributed by atoms with Gasteiger partial charge in [-0.3, -0.25) is 14.5 Å². The van der Waals surface area contributed by atoms with Crippen molar-refractivity contribution in [2.75, 3.05) is 87.7 Å². The first-order chi connectivity index (χ1) is 16.1. The quantitative estimate of drug-likeness (QED) is 0.649. The van der Waals surface area contributed by atoms with E-state index in [0.29, 0.717) is 32.1 Å². The van der Waals surface area contributed by atoms with E-state index >= 15 is 0 Å². The lowest BCUT2D eigenvalue weighted by molar-refractivity contribution is -0.132. The highest BCUT2D eigenvalue weighted by atomic mass is 16.5. The zero-order chi connectivity index (χ0) is 23.0. The van der Waals surface area contributed by atoms with Crippen molar-refractivity contribution in [3.63, 3.8) is 0 Å². The number of morpholine rings is 1. The Morgan fingerprint density at radius 2 is 1.61 bits per heavy atom. The molecule has 2 aromatic rings. The topological polar surface area (TPSA) is 94.1 Å². The van der Waals surface area contributed by atoms with Gasteiger partial charge in [0, 0.05) is 63.0 Å². The average molecular weight is 454 g/mol. The standard InChI is InChI=1S/C23H31N7O3/c1-27(18-22(32)29-9-11-30(12-10-29)23-24-7-2-8-25-23)17-21(31)26-19-3-5-20(6-4-19)28-13-15-33-16-14-28/h2-8H,9-18H2,1H3,(H,26,31). The number of aromatic nitrogens is 2. The fourth-order valence-electron chi connectivity index (χ4n) is 4.02. The molecule has 0 atom stereocenters. The summed E-state index contributed by atoms with van der Waals surface area (Å²) in [6, 6.07) is 9.62. The van der Waals surface area contributed by atoms with Crippen LogP contribution < -0.4 is 15.1 Å². The van der Waals surface area contributed by atoms with Crippen LogP contribution in [-0.4, -0.2) is 104 Å². The first kappa shape index (κ1) is 22.9. The third kappa shape index (κ3) is 6.39.